The van der Waals surface area contributed by atoms with Crippen molar-refractivity contribution in [3.63, 3.8) is 0 Å². The number of thiocarbonyl (C=S) groups is 1. The number of phenols is 2. The van der Waals surface area contributed by atoms with Crippen LogP contribution in [0.4, 0.5) is 0 Å². The number of rotatable bonds is 2. The van der Waals surface area contributed by atoms with Crippen molar-refractivity contribution < 1.29 is 15.0 Å². The number of hydrogen-bond donors (Lipinski definition) is 3. The third-order valence-electron chi connectivity index (χ3n) is 3.64. The highest BCUT2D eigenvalue weighted by molar-refractivity contribution is 9.11. The molecule has 1 aromatic carbocycles. The minimum absolute atomic E-state index is 0.109. The van der Waals surface area contributed by atoms with E-state index in [9.17, 15) is 15.0 Å². The summed E-state index contributed by atoms with van der Waals surface area (Å²) in [6, 6.07) is 0.978. The van der Waals surface area contributed by atoms with Crippen LogP contribution in [0.1, 0.15) is 25.5 Å². The molecule has 1 aliphatic heterocycles. The van der Waals surface area contributed by atoms with Gasteiger partial charge in [0.1, 0.15) is 16.0 Å². The van der Waals surface area contributed by atoms with E-state index in [1.807, 2.05) is 0 Å². The number of halogens is 2. The molecule has 1 atom stereocenters. The molecule has 3 N–H and O–H groups in total. The average Bonchev–Trinajstić information content (AvgIpc) is 2.45. The number of carbonyl (C=O) groups excluding carboxylic acids is 1. The molecule has 0 aliphatic carbocycles. The largest absolute Gasteiger partial charge is 0.506 e. The van der Waals surface area contributed by atoms with Crippen LogP contribution in [0, 0.1) is 0 Å². The van der Waals surface area contributed by atoms with Crippen LogP contribution in [0.5, 0.6) is 11.5 Å². The van der Waals surface area contributed by atoms with E-state index in [-0.39, 0.29) is 21.8 Å². The first-order chi connectivity index (χ1) is 10.2. The predicted octanol–water partition coefficient (Wildman–Crippen LogP) is 3.35. The molecule has 1 unspecified atom stereocenters. The molecule has 118 valence electrons. The highest BCUT2D eigenvalue weighted by atomic mass is 79.9. The summed E-state index contributed by atoms with van der Waals surface area (Å²) in [5.41, 5.74) is 1.67. The maximum atomic E-state index is 12.1. The Hall–Kier alpha value is -1.12. The number of nitrogens with zero attached hydrogens (tertiary/aromatic N) is 1. The number of aromatic hydroxyl groups is 2. The van der Waals surface area contributed by atoms with E-state index >= 15 is 0 Å². The fraction of sp³-hybridized carbons (Fsp3) is 0.286. The van der Waals surface area contributed by atoms with E-state index in [0.29, 0.717) is 20.7 Å². The summed E-state index contributed by atoms with van der Waals surface area (Å²) in [7, 11) is 1.77. The number of carbonyl (C=O) groups is 1. The van der Waals surface area contributed by atoms with Gasteiger partial charge < -0.3 is 20.4 Å². The molecule has 1 heterocycles. The van der Waals surface area contributed by atoms with Crippen molar-refractivity contribution in [1.29, 1.82) is 0 Å². The van der Waals surface area contributed by atoms with Gasteiger partial charge in [-0.25, -0.2) is 0 Å². The van der Waals surface area contributed by atoms with E-state index in [2.05, 4.69) is 37.2 Å². The summed E-state index contributed by atoms with van der Waals surface area (Å²) >= 11 is 11.6. The molecule has 1 aromatic rings. The van der Waals surface area contributed by atoms with Crippen LogP contribution < -0.4 is 5.32 Å². The zero-order valence-corrected chi connectivity index (χ0v) is 16.1. The quantitative estimate of drug-likeness (QED) is 0.601. The van der Waals surface area contributed by atoms with Crippen molar-refractivity contribution in [2.45, 2.75) is 19.9 Å². The van der Waals surface area contributed by atoms with Crippen LogP contribution >= 0.6 is 44.1 Å². The maximum absolute atomic E-state index is 12.1. The third-order valence-corrected chi connectivity index (χ3v) is 5.39. The Balaban J connectivity index is 2.70. The summed E-state index contributed by atoms with van der Waals surface area (Å²) in [6.07, 6.45) is 0. The van der Waals surface area contributed by atoms with Gasteiger partial charge in [0.15, 0.2) is 10.9 Å². The van der Waals surface area contributed by atoms with E-state index in [1.54, 1.807) is 24.9 Å². The molecule has 0 amide bonds. The molecule has 8 heteroatoms. The molecule has 0 radical (unpaired) electrons. The maximum Gasteiger partial charge on any atom is 0.173 e. The lowest BCUT2D eigenvalue weighted by molar-refractivity contribution is -0.114. The predicted molar refractivity (Wildman–Crippen MR) is 94.8 cm³/mol. The number of allylic oxidation sites excluding steroid dienone is 1. The van der Waals surface area contributed by atoms with Crippen molar-refractivity contribution in [2.24, 2.45) is 0 Å². The summed E-state index contributed by atoms with van der Waals surface area (Å²) in [6.45, 7) is 3.27. The van der Waals surface area contributed by atoms with Gasteiger partial charge in [0.25, 0.3) is 0 Å². The highest BCUT2D eigenvalue weighted by Gasteiger charge is 2.33. The summed E-state index contributed by atoms with van der Waals surface area (Å²) in [4.78, 5) is 13.8. The van der Waals surface area contributed by atoms with Gasteiger partial charge in [-0.05, 0) is 64.0 Å². The number of hydrogen-bond acceptors (Lipinski definition) is 4. The summed E-state index contributed by atoms with van der Waals surface area (Å²) in [5.74, 6) is -0.372. The normalized spacial score (nSPS) is 18.5. The van der Waals surface area contributed by atoms with Crippen LogP contribution in [0.2, 0.25) is 0 Å². The molecule has 0 aromatic heterocycles. The third kappa shape index (κ3) is 2.75. The number of phenolic OH excluding ortho intramolecular Hbond substituents is 2. The molecule has 0 saturated heterocycles. The number of ketones is 1. The fourth-order valence-electron chi connectivity index (χ4n) is 2.36. The van der Waals surface area contributed by atoms with Gasteiger partial charge >= 0.3 is 0 Å². The first-order valence-electron chi connectivity index (χ1n) is 6.32. The Kier molecular flexibility index (Phi) is 4.84. The molecule has 2 rings (SSSR count). The first-order valence-corrected chi connectivity index (χ1v) is 8.32. The Bertz CT molecular complexity index is 719. The van der Waals surface area contributed by atoms with E-state index in [4.69, 9.17) is 12.2 Å². The molecule has 0 fully saturated rings. The van der Waals surface area contributed by atoms with Crippen LogP contribution in [-0.2, 0) is 4.79 Å². The van der Waals surface area contributed by atoms with E-state index in [0.717, 1.165) is 5.70 Å². The van der Waals surface area contributed by atoms with Gasteiger partial charge in [-0.2, -0.15) is 0 Å². The lowest BCUT2D eigenvalue weighted by atomic mass is 9.92. The smallest absolute Gasteiger partial charge is 0.173 e. The standard InChI is InChI=1S/C14H14Br2N2O3S/c1-5-9(6(2)19)11(17-14(22)18(5)3)7-4-8(15)13(21)10(16)12(7)20/h4,11,20-21H,1-3H3,(H,17,22). The molecule has 22 heavy (non-hydrogen) atoms. The average molecular weight is 450 g/mol. The molecular weight excluding hydrogens is 436 g/mol. The van der Waals surface area contributed by atoms with Crippen molar-refractivity contribution in [1.82, 2.24) is 10.2 Å². The topological polar surface area (TPSA) is 72.8 Å². The minimum Gasteiger partial charge on any atom is -0.506 e. The van der Waals surface area contributed by atoms with Crippen LogP contribution in [0.3, 0.4) is 0 Å². The Labute approximate surface area is 150 Å². The van der Waals surface area contributed by atoms with Gasteiger partial charge in [0.2, 0.25) is 0 Å². The molecule has 0 saturated carbocycles. The van der Waals surface area contributed by atoms with Crippen LogP contribution in [-0.4, -0.2) is 33.1 Å². The first kappa shape index (κ1) is 17.2. The summed E-state index contributed by atoms with van der Waals surface area (Å²) < 4.78 is 0.559. The molecule has 0 bridgehead atoms. The Morgan fingerprint density at radius 2 is 1.95 bits per heavy atom. The Morgan fingerprint density at radius 3 is 2.50 bits per heavy atom. The lowest BCUT2D eigenvalue weighted by Crippen LogP contribution is -2.45. The SMILES string of the molecule is CC(=O)C1=C(C)N(C)C(=S)NC1c1cc(Br)c(O)c(Br)c1O. The van der Waals surface area contributed by atoms with Gasteiger partial charge in [-0.15, -0.1) is 0 Å². The van der Waals surface area contributed by atoms with Crippen molar-refractivity contribution in [3.8, 4) is 11.5 Å². The number of Topliss-reactive ketones (excluding diaryl/α,β-unsaturated/α-hetero) is 1. The number of benzene rings is 1. The summed E-state index contributed by atoms with van der Waals surface area (Å²) in [5, 5.41) is 23.7. The highest BCUT2D eigenvalue weighted by Crippen LogP contribution is 2.45. The number of nitrogens with one attached hydrogen (secondary N) is 1. The Morgan fingerprint density at radius 1 is 1.36 bits per heavy atom. The molecule has 0 spiro atoms. The molecule has 1 aliphatic rings. The fourth-order valence-corrected chi connectivity index (χ4v) is 3.77. The minimum atomic E-state index is -0.589. The van der Waals surface area contributed by atoms with Gasteiger partial charge in [0.05, 0.1) is 10.5 Å². The zero-order valence-electron chi connectivity index (χ0n) is 12.1. The van der Waals surface area contributed by atoms with E-state index < -0.39 is 6.04 Å². The van der Waals surface area contributed by atoms with Crippen molar-refractivity contribution >= 4 is 55.0 Å². The monoisotopic (exact) mass is 448 g/mol. The van der Waals surface area contributed by atoms with Gasteiger partial charge in [0, 0.05) is 23.9 Å². The van der Waals surface area contributed by atoms with Gasteiger partial charge in [-0.3, -0.25) is 4.79 Å². The van der Waals surface area contributed by atoms with Gasteiger partial charge in [-0.1, -0.05) is 0 Å². The van der Waals surface area contributed by atoms with Crippen molar-refractivity contribution in [2.75, 3.05) is 7.05 Å². The second kappa shape index (κ2) is 6.17. The van der Waals surface area contributed by atoms with Crippen LogP contribution in [0.25, 0.3) is 0 Å². The second-order valence-corrected chi connectivity index (χ2v) is 6.99. The van der Waals surface area contributed by atoms with Crippen LogP contribution in [0.15, 0.2) is 26.3 Å². The lowest BCUT2D eigenvalue weighted by Gasteiger charge is -2.35. The molecule has 5 nitrogen and oxygen atoms in total. The molecular formula is C14H14Br2N2O3S. The second-order valence-electron chi connectivity index (χ2n) is 4.96. The van der Waals surface area contributed by atoms with E-state index in [1.165, 1.54) is 6.92 Å². The zero-order chi connectivity index (χ0) is 16.8. The van der Waals surface area contributed by atoms with Crippen molar-refractivity contribution in [3.05, 3.63) is 31.8 Å².